The lowest BCUT2D eigenvalue weighted by Crippen LogP contribution is -2.44. The van der Waals surface area contributed by atoms with Gasteiger partial charge in [-0.05, 0) is 31.0 Å². The van der Waals surface area contributed by atoms with E-state index in [1.165, 1.54) is 0 Å². The van der Waals surface area contributed by atoms with Crippen LogP contribution in [0.25, 0.3) is 0 Å². The van der Waals surface area contributed by atoms with E-state index < -0.39 is 0 Å². The fourth-order valence-electron chi connectivity index (χ4n) is 2.80. The lowest BCUT2D eigenvalue weighted by atomic mass is 10.1. The van der Waals surface area contributed by atoms with Gasteiger partial charge < -0.3 is 20.7 Å². The molecular formula is C20H34IN5O2. The number of nitrogens with one attached hydrogen (secondary N) is 3. The molecule has 7 nitrogen and oxygen atoms in total. The van der Waals surface area contributed by atoms with Gasteiger partial charge in [0.2, 0.25) is 0 Å². The highest BCUT2D eigenvalue weighted by atomic mass is 127. The first-order chi connectivity index (χ1) is 13.1. The number of guanidine groups is 1. The quantitative estimate of drug-likeness (QED) is 0.287. The average Bonchev–Trinajstić information content (AvgIpc) is 2.71. The molecular weight excluding hydrogens is 469 g/mol. The number of morpholine rings is 1. The van der Waals surface area contributed by atoms with Gasteiger partial charge in [0.25, 0.3) is 5.91 Å². The zero-order chi connectivity index (χ0) is 19.5. The fourth-order valence-corrected chi connectivity index (χ4v) is 2.80. The van der Waals surface area contributed by atoms with Crippen LogP contribution >= 0.6 is 24.0 Å². The van der Waals surface area contributed by atoms with E-state index in [9.17, 15) is 4.79 Å². The minimum absolute atomic E-state index is 0. The van der Waals surface area contributed by atoms with Crippen LogP contribution in [0.3, 0.4) is 0 Å². The minimum atomic E-state index is -0.0285. The SMILES string of the molecule is CCC(C)NC(=O)c1cccc(CNC(=NC)NCCN2CCOCC2)c1.I. The zero-order valence-corrected chi connectivity index (χ0v) is 19.5. The summed E-state index contributed by atoms with van der Waals surface area (Å²) in [5, 5.41) is 9.64. The van der Waals surface area contributed by atoms with Crippen LogP contribution in [-0.4, -0.2) is 69.2 Å². The number of benzene rings is 1. The van der Waals surface area contributed by atoms with Gasteiger partial charge in [-0.25, -0.2) is 0 Å². The fraction of sp³-hybridized carbons (Fsp3) is 0.600. The number of amides is 1. The summed E-state index contributed by atoms with van der Waals surface area (Å²) in [5.41, 5.74) is 1.73. The van der Waals surface area contributed by atoms with Crippen LogP contribution in [0.1, 0.15) is 36.2 Å². The zero-order valence-electron chi connectivity index (χ0n) is 17.2. The van der Waals surface area contributed by atoms with Gasteiger partial charge in [0.1, 0.15) is 0 Å². The Morgan fingerprint density at radius 3 is 2.71 bits per heavy atom. The topological polar surface area (TPSA) is 78.0 Å². The molecule has 2 rings (SSSR count). The van der Waals surface area contributed by atoms with E-state index in [2.05, 4.69) is 32.8 Å². The van der Waals surface area contributed by atoms with Gasteiger partial charge in [-0.15, -0.1) is 24.0 Å². The number of ether oxygens (including phenoxy) is 1. The molecule has 1 atom stereocenters. The summed E-state index contributed by atoms with van der Waals surface area (Å²) in [4.78, 5) is 18.9. The van der Waals surface area contributed by atoms with Gasteiger partial charge in [-0.1, -0.05) is 19.1 Å². The summed E-state index contributed by atoms with van der Waals surface area (Å²) in [6.07, 6.45) is 0.916. The van der Waals surface area contributed by atoms with Gasteiger partial charge >= 0.3 is 0 Å². The van der Waals surface area contributed by atoms with Crippen LogP contribution < -0.4 is 16.0 Å². The summed E-state index contributed by atoms with van der Waals surface area (Å²) in [5.74, 6) is 0.733. The summed E-state index contributed by atoms with van der Waals surface area (Å²) >= 11 is 0. The summed E-state index contributed by atoms with van der Waals surface area (Å²) in [6.45, 7) is 10.1. The third-order valence-corrected chi connectivity index (χ3v) is 4.69. The van der Waals surface area contributed by atoms with E-state index in [0.717, 1.165) is 57.3 Å². The second-order valence-electron chi connectivity index (χ2n) is 6.79. The molecule has 0 bridgehead atoms. The first-order valence-corrected chi connectivity index (χ1v) is 9.76. The lowest BCUT2D eigenvalue weighted by Gasteiger charge is -2.26. The van der Waals surface area contributed by atoms with Crippen molar-refractivity contribution in [1.82, 2.24) is 20.9 Å². The van der Waals surface area contributed by atoms with Gasteiger partial charge in [0, 0.05) is 51.4 Å². The van der Waals surface area contributed by atoms with Crippen LogP contribution in [0.4, 0.5) is 0 Å². The van der Waals surface area contributed by atoms with Crippen molar-refractivity contribution < 1.29 is 9.53 Å². The van der Waals surface area contributed by atoms with Crippen molar-refractivity contribution in [3.8, 4) is 0 Å². The molecule has 28 heavy (non-hydrogen) atoms. The Kier molecular flexibility index (Phi) is 12.1. The Morgan fingerprint density at radius 1 is 1.29 bits per heavy atom. The van der Waals surface area contributed by atoms with E-state index in [0.29, 0.717) is 12.1 Å². The van der Waals surface area contributed by atoms with Crippen LogP contribution in [0.15, 0.2) is 29.3 Å². The molecule has 0 saturated carbocycles. The maximum Gasteiger partial charge on any atom is 0.251 e. The standard InChI is InChI=1S/C20H33N5O2.HI/c1-4-16(2)24-19(26)18-7-5-6-17(14-18)15-23-20(21-3)22-8-9-25-10-12-27-13-11-25;/h5-7,14,16H,4,8-13,15H2,1-3H3,(H,24,26)(H2,21,22,23);1H. The number of aliphatic imine (C=N–C) groups is 1. The maximum atomic E-state index is 12.3. The van der Waals surface area contributed by atoms with Crippen molar-refractivity contribution in [3.05, 3.63) is 35.4 Å². The largest absolute Gasteiger partial charge is 0.379 e. The Bertz CT molecular complexity index is 620. The van der Waals surface area contributed by atoms with Crippen LogP contribution in [-0.2, 0) is 11.3 Å². The smallest absolute Gasteiger partial charge is 0.251 e. The van der Waals surface area contributed by atoms with E-state index in [-0.39, 0.29) is 35.9 Å². The number of carbonyl (C=O) groups excluding carboxylic acids is 1. The molecule has 158 valence electrons. The molecule has 1 fully saturated rings. The highest BCUT2D eigenvalue weighted by molar-refractivity contribution is 14.0. The first kappa shape index (κ1) is 24.6. The summed E-state index contributed by atoms with van der Waals surface area (Å²) in [7, 11) is 1.76. The highest BCUT2D eigenvalue weighted by Crippen LogP contribution is 2.06. The van der Waals surface area contributed by atoms with Crippen molar-refractivity contribution in [3.63, 3.8) is 0 Å². The van der Waals surface area contributed by atoms with Gasteiger partial charge in [0.05, 0.1) is 13.2 Å². The predicted octanol–water partition coefficient (Wildman–Crippen LogP) is 1.83. The minimum Gasteiger partial charge on any atom is -0.379 e. The lowest BCUT2D eigenvalue weighted by molar-refractivity contribution is 0.0389. The predicted molar refractivity (Wildman–Crippen MR) is 125 cm³/mol. The summed E-state index contributed by atoms with van der Waals surface area (Å²) in [6, 6.07) is 7.86. The number of halogens is 1. The molecule has 1 aliphatic heterocycles. The van der Waals surface area contributed by atoms with Crippen molar-refractivity contribution in [1.29, 1.82) is 0 Å². The molecule has 3 N–H and O–H groups in total. The van der Waals surface area contributed by atoms with Crippen LogP contribution in [0.2, 0.25) is 0 Å². The summed E-state index contributed by atoms with van der Waals surface area (Å²) < 4.78 is 5.36. The molecule has 0 radical (unpaired) electrons. The number of nitrogens with zero attached hydrogens (tertiary/aromatic N) is 2. The first-order valence-electron chi connectivity index (χ1n) is 9.76. The highest BCUT2D eigenvalue weighted by Gasteiger charge is 2.11. The number of hydrogen-bond donors (Lipinski definition) is 3. The third kappa shape index (κ3) is 8.74. The normalized spacial score (nSPS) is 16.0. The molecule has 1 heterocycles. The average molecular weight is 503 g/mol. The monoisotopic (exact) mass is 503 g/mol. The Hall–Kier alpha value is -1.39. The molecule has 1 aliphatic rings. The third-order valence-electron chi connectivity index (χ3n) is 4.69. The Morgan fingerprint density at radius 2 is 2.04 bits per heavy atom. The van der Waals surface area contributed by atoms with E-state index in [1.54, 1.807) is 7.05 Å². The van der Waals surface area contributed by atoms with Crippen LogP contribution in [0.5, 0.6) is 0 Å². The molecule has 1 aromatic carbocycles. The molecule has 0 aliphatic carbocycles. The Labute approximate surface area is 185 Å². The number of carbonyl (C=O) groups is 1. The molecule has 1 saturated heterocycles. The molecule has 1 amide bonds. The van der Waals surface area contributed by atoms with E-state index in [4.69, 9.17) is 4.74 Å². The van der Waals surface area contributed by atoms with Crippen molar-refractivity contribution in [2.45, 2.75) is 32.9 Å². The molecule has 1 unspecified atom stereocenters. The maximum absolute atomic E-state index is 12.3. The number of rotatable bonds is 8. The molecule has 1 aromatic rings. The van der Waals surface area contributed by atoms with Crippen LogP contribution in [0, 0.1) is 0 Å². The second-order valence-corrected chi connectivity index (χ2v) is 6.79. The van der Waals surface area contributed by atoms with Gasteiger partial charge in [0.15, 0.2) is 5.96 Å². The number of hydrogen-bond acceptors (Lipinski definition) is 4. The van der Waals surface area contributed by atoms with E-state index in [1.807, 2.05) is 31.2 Å². The molecule has 0 aromatic heterocycles. The van der Waals surface area contributed by atoms with Crippen molar-refractivity contribution >= 4 is 35.8 Å². The Balaban J connectivity index is 0.00000392. The molecule has 8 heteroatoms. The van der Waals surface area contributed by atoms with Gasteiger partial charge in [-0.2, -0.15) is 0 Å². The van der Waals surface area contributed by atoms with Crippen molar-refractivity contribution in [2.24, 2.45) is 4.99 Å². The van der Waals surface area contributed by atoms with E-state index >= 15 is 0 Å². The van der Waals surface area contributed by atoms with Gasteiger partial charge in [-0.3, -0.25) is 14.7 Å². The second kappa shape index (κ2) is 13.7. The molecule has 0 spiro atoms. The van der Waals surface area contributed by atoms with Crippen molar-refractivity contribution in [2.75, 3.05) is 46.4 Å².